The molecule has 0 aliphatic rings. The molecule has 0 saturated heterocycles. The van der Waals surface area contributed by atoms with Crippen molar-refractivity contribution >= 4 is 30.5 Å². The van der Waals surface area contributed by atoms with E-state index >= 15 is 0 Å². The average Bonchev–Trinajstić information content (AvgIpc) is 2.05. The number of carbonyl (C=O) groups is 1. The van der Waals surface area contributed by atoms with Crippen LogP contribution in [0, 0.1) is 5.41 Å². The van der Waals surface area contributed by atoms with Gasteiger partial charge in [-0.1, -0.05) is 0 Å². The van der Waals surface area contributed by atoms with Crippen molar-refractivity contribution in [2.75, 3.05) is 5.88 Å². The molecule has 0 spiro atoms. The van der Waals surface area contributed by atoms with Gasteiger partial charge in [0.15, 0.2) is 6.29 Å². The number of aldehydes is 1. The first kappa shape index (κ1) is 10.1. The van der Waals surface area contributed by atoms with Gasteiger partial charge in [0.25, 0.3) is 0 Å². The Hall–Kier alpha value is -0.940. The summed E-state index contributed by atoms with van der Waals surface area (Å²) in [5, 5.41) is 8.58. The van der Waals surface area contributed by atoms with E-state index in [0.29, 0.717) is 12.2 Å². The molecule has 0 aromatic rings. The van der Waals surface area contributed by atoms with E-state index in [1.165, 1.54) is 17.2 Å². The molecule has 0 radical (unpaired) electrons. The highest BCUT2D eigenvalue weighted by Gasteiger charge is 1.98. The molecular formula is C6H9N3OS. The van der Waals surface area contributed by atoms with E-state index in [9.17, 15) is 4.79 Å². The third-order valence-electron chi connectivity index (χ3n) is 0.855. The van der Waals surface area contributed by atoms with Crippen molar-refractivity contribution in [3.8, 4) is 0 Å². The lowest BCUT2D eigenvalue weighted by Gasteiger charge is -1.94. The summed E-state index contributed by atoms with van der Waals surface area (Å²) in [7, 11) is 0. The number of allylic oxidation sites excluding steroid dienone is 1. The molecule has 11 heavy (non-hydrogen) atoms. The van der Waals surface area contributed by atoms with Crippen LogP contribution < -0.4 is 5.73 Å². The molecule has 0 heterocycles. The second-order valence-corrected chi connectivity index (χ2v) is 2.43. The van der Waals surface area contributed by atoms with E-state index in [1.54, 1.807) is 0 Å². The zero-order chi connectivity index (χ0) is 8.69. The molecule has 4 nitrogen and oxygen atoms in total. The van der Waals surface area contributed by atoms with Crippen LogP contribution in [0.1, 0.15) is 0 Å². The van der Waals surface area contributed by atoms with Crippen molar-refractivity contribution < 1.29 is 4.79 Å². The van der Waals surface area contributed by atoms with Gasteiger partial charge in [-0.25, -0.2) is 0 Å². The molecule has 0 amide bonds. The number of thioether (sulfide) groups is 1. The van der Waals surface area contributed by atoms with Gasteiger partial charge < -0.3 is 5.73 Å². The van der Waals surface area contributed by atoms with Crippen molar-refractivity contribution in [3.05, 3.63) is 11.1 Å². The predicted molar refractivity (Wildman–Crippen MR) is 48.1 cm³/mol. The molecule has 5 heteroatoms. The van der Waals surface area contributed by atoms with Crippen LogP contribution in [0.2, 0.25) is 0 Å². The minimum atomic E-state index is -0.180. The Kier molecular flexibility index (Phi) is 5.32. The third-order valence-corrected chi connectivity index (χ3v) is 1.44. The Morgan fingerprint density at radius 1 is 1.82 bits per heavy atom. The SMILES string of the molecule is C=N/C(=C\SCN)C(=N)C=O. The predicted octanol–water partition coefficient (Wildman–Crippen LogP) is 0.396. The van der Waals surface area contributed by atoms with E-state index in [1.807, 2.05) is 0 Å². The highest BCUT2D eigenvalue weighted by atomic mass is 32.2. The van der Waals surface area contributed by atoms with Crippen LogP contribution in [-0.2, 0) is 4.79 Å². The van der Waals surface area contributed by atoms with E-state index in [0.717, 1.165) is 0 Å². The van der Waals surface area contributed by atoms with Crippen LogP contribution in [0.25, 0.3) is 0 Å². The minimum absolute atomic E-state index is 0.180. The first-order chi connectivity index (χ1) is 5.26. The number of nitrogens with zero attached hydrogens (tertiary/aromatic N) is 1. The van der Waals surface area contributed by atoms with Crippen LogP contribution in [-0.4, -0.2) is 24.6 Å². The number of carbonyl (C=O) groups excluding carboxylic acids is 1. The van der Waals surface area contributed by atoms with Crippen LogP contribution in [0.4, 0.5) is 0 Å². The van der Waals surface area contributed by atoms with E-state index in [4.69, 9.17) is 11.1 Å². The van der Waals surface area contributed by atoms with Crippen LogP contribution in [0.15, 0.2) is 16.1 Å². The summed E-state index contributed by atoms with van der Waals surface area (Å²) >= 11 is 1.27. The quantitative estimate of drug-likeness (QED) is 0.357. The van der Waals surface area contributed by atoms with Crippen LogP contribution >= 0.6 is 11.8 Å². The van der Waals surface area contributed by atoms with Crippen molar-refractivity contribution in [3.63, 3.8) is 0 Å². The van der Waals surface area contributed by atoms with Gasteiger partial charge in [0.2, 0.25) is 0 Å². The van der Waals surface area contributed by atoms with Gasteiger partial charge in [-0.2, -0.15) is 0 Å². The van der Waals surface area contributed by atoms with Gasteiger partial charge in [-0.05, 0) is 6.72 Å². The highest BCUT2D eigenvalue weighted by Crippen LogP contribution is 2.05. The molecule has 60 valence electrons. The van der Waals surface area contributed by atoms with Crippen LogP contribution in [0.5, 0.6) is 0 Å². The third kappa shape index (κ3) is 3.69. The lowest BCUT2D eigenvalue weighted by atomic mass is 10.3. The maximum Gasteiger partial charge on any atom is 0.169 e. The van der Waals surface area contributed by atoms with Gasteiger partial charge in [0.1, 0.15) is 5.71 Å². The normalized spacial score (nSPS) is 10.8. The Bertz CT molecular complexity index is 200. The standard InChI is InChI=1S/C6H9N3OS/c1-9-6(3-11-4-7)5(8)2-10/h2-3,8H,1,4,7H2/b6-3-,8-5?. The molecular weight excluding hydrogens is 162 g/mol. The summed E-state index contributed by atoms with van der Waals surface area (Å²) in [6.45, 7) is 3.21. The summed E-state index contributed by atoms with van der Waals surface area (Å²) < 4.78 is 0. The summed E-state index contributed by atoms with van der Waals surface area (Å²) in [4.78, 5) is 13.5. The monoisotopic (exact) mass is 171 g/mol. The Morgan fingerprint density at radius 2 is 2.45 bits per heavy atom. The fourth-order valence-electron chi connectivity index (χ4n) is 0.373. The summed E-state index contributed by atoms with van der Waals surface area (Å²) in [5.74, 6) is 0.394. The maximum atomic E-state index is 10.1. The number of aliphatic imine (C=N–C) groups is 1. The lowest BCUT2D eigenvalue weighted by molar-refractivity contribution is -0.102. The topological polar surface area (TPSA) is 79.3 Å². The zero-order valence-corrected chi connectivity index (χ0v) is 6.73. The second kappa shape index (κ2) is 5.82. The van der Waals surface area contributed by atoms with Crippen molar-refractivity contribution in [2.45, 2.75) is 0 Å². The van der Waals surface area contributed by atoms with E-state index in [2.05, 4.69) is 11.7 Å². The fourth-order valence-corrected chi connectivity index (χ4v) is 0.829. The second-order valence-electron chi connectivity index (χ2n) is 1.53. The summed E-state index contributed by atoms with van der Waals surface area (Å²) in [5.41, 5.74) is 5.25. The molecule has 3 N–H and O–H groups in total. The van der Waals surface area contributed by atoms with E-state index < -0.39 is 0 Å². The Morgan fingerprint density at radius 3 is 2.82 bits per heavy atom. The number of hydrogen-bond acceptors (Lipinski definition) is 5. The zero-order valence-electron chi connectivity index (χ0n) is 5.91. The summed E-state index contributed by atoms with van der Waals surface area (Å²) in [6, 6.07) is 0. The van der Waals surface area contributed by atoms with Crippen molar-refractivity contribution in [1.29, 1.82) is 5.41 Å². The highest BCUT2D eigenvalue weighted by molar-refractivity contribution is 8.02. The molecule has 0 fully saturated rings. The molecule has 0 rings (SSSR count). The molecule has 0 bridgehead atoms. The Labute approximate surface area is 69.1 Å². The first-order valence-electron chi connectivity index (χ1n) is 2.79. The molecule has 0 aromatic heterocycles. The number of nitrogens with two attached hydrogens (primary N) is 1. The molecule has 0 aromatic carbocycles. The Balaban J connectivity index is 4.25. The average molecular weight is 171 g/mol. The minimum Gasteiger partial charge on any atom is -0.322 e. The number of hydrogen-bond donors (Lipinski definition) is 2. The molecule has 0 aliphatic heterocycles. The van der Waals surface area contributed by atoms with Crippen LogP contribution in [0.3, 0.4) is 0 Å². The summed E-state index contributed by atoms with van der Waals surface area (Å²) in [6.07, 6.45) is 0.414. The number of rotatable bonds is 5. The van der Waals surface area contributed by atoms with Gasteiger partial charge in [-0.15, -0.1) is 11.8 Å². The molecule has 0 aliphatic carbocycles. The lowest BCUT2D eigenvalue weighted by Crippen LogP contribution is -2.00. The largest absolute Gasteiger partial charge is 0.322 e. The number of nitrogens with one attached hydrogen (secondary N) is 1. The van der Waals surface area contributed by atoms with Crippen molar-refractivity contribution in [1.82, 2.24) is 0 Å². The van der Waals surface area contributed by atoms with Gasteiger partial charge in [0.05, 0.1) is 5.70 Å². The molecule has 0 atom stereocenters. The molecule has 0 saturated carbocycles. The van der Waals surface area contributed by atoms with E-state index in [-0.39, 0.29) is 11.4 Å². The van der Waals surface area contributed by atoms with Crippen molar-refractivity contribution in [2.24, 2.45) is 10.7 Å². The molecule has 0 unspecified atom stereocenters. The first-order valence-corrected chi connectivity index (χ1v) is 3.83. The van der Waals surface area contributed by atoms with Gasteiger partial charge in [-0.3, -0.25) is 15.2 Å². The van der Waals surface area contributed by atoms with Gasteiger partial charge >= 0.3 is 0 Å². The fraction of sp³-hybridized carbons (Fsp3) is 0.167. The van der Waals surface area contributed by atoms with Gasteiger partial charge in [0, 0.05) is 11.3 Å². The maximum absolute atomic E-state index is 10.1. The smallest absolute Gasteiger partial charge is 0.169 e.